The summed E-state index contributed by atoms with van der Waals surface area (Å²) >= 11 is 0. The lowest BCUT2D eigenvalue weighted by Gasteiger charge is -2.20. The monoisotopic (exact) mass is 383 g/mol. The Bertz CT molecular complexity index is 835. The van der Waals surface area contributed by atoms with Crippen LogP contribution in [0.2, 0.25) is 0 Å². The number of hydrogen-bond acceptors (Lipinski definition) is 4. The third-order valence-corrected chi connectivity index (χ3v) is 4.40. The highest BCUT2D eigenvalue weighted by atomic mass is 16.5. The molecule has 0 unspecified atom stereocenters. The molecule has 0 aliphatic rings. The van der Waals surface area contributed by atoms with E-state index in [1.165, 1.54) is 5.56 Å². The van der Waals surface area contributed by atoms with Crippen LogP contribution in [0.25, 0.3) is 0 Å². The molecular weight excluding hydrogens is 354 g/mol. The Morgan fingerprint density at radius 2 is 1.71 bits per heavy atom. The molecule has 5 nitrogen and oxygen atoms in total. The summed E-state index contributed by atoms with van der Waals surface area (Å²) in [6.07, 6.45) is -0.662. The molecular formula is C23H29NO4. The Labute approximate surface area is 167 Å². The fraction of sp³-hybridized carbons (Fsp3) is 0.391. The van der Waals surface area contributed by atoms with Crippen molar-refractivity contribution in [3.05, 3.63) is 59.2 Å². The minimum atomic E-state index is -0.662. The molecule has 1 amide bonds. The molecule has 0 fully saturated rings. The summed E-state index contributed by atoms with van der Waals surface area (Å²) in [6.45, 7) is 12.1. The third kappa shape index (κ3) is 5.59. The topological polar surface area (TPSA) is 64.6 Å². The average Bonchev–Trinajstić information content (AvgIpc) is 2.63. The van der Waals surface area contributed by atoms with Crippen molar-refractivity contribution in [3.8, 4) is 5.75 Å². The minimum Gasteiger partial charge on any atom is -0.481 e. The van der Waals surface area contributed by atoms with Gasteiger partial charge in [0, 0.05) is 5.69 Å². The van der Waals surface area contributed by atoms with Crippen LogP contribution in [0.15, 0.2) is 42.5 Å². The minimum absolute atomic E-state index is 0.0642. The molecule has 2 rings (SSSR count). The van der Waals surface area contributed by atoms with Crippen molar-refractivity contribution in [2.45, 2.75) is 53.1 Å². The van der Waals surface area contributed by atoms with Crippen LogP contribution in [0.5, 0.6) is 5.75 Å². The van der Waals surface area contributed by atoms with E-state index in [0.717, 1.165) is 5.56 Å². The smallest absolute Gasteiger partial charge is 0.338 e. The first kappa shape index (κ1) is 21.5. The first-order chi connectivity index (χ1) is 13.1. The predicted octanol–water partition coefficient (Wildman–Crippen LogP) is 4.88. The quantitative estimate of drug-likeness (QED) is 0.723. The summed E-state index contributed by atoms with van der Waals surface area (Å²) in [4.78, 5) is 24.3. The van der Waals surface area contributed by atoms with Crippen LogP contribution >= 0.6 is 0 Å². The lowest BCUT2D eigenvalue weighted by atomic mass is 9.87. The lowest BCUT2D eigenvalue weighted by molar-refractivity contribution is -0.122. The molecule has 0 bridgehead atoms. The van der Waals surface area contributed by atoms with Gasteiger partial charge in [0.15, 0.2) is 6.10 Å². The summed E-state index contributed by atoms with van der Waals surface area (Å²) < 4.78 is 10.8. The van der Waals surface area contributed by atoms with Crippen LogP contribution < -0.4 is 10.1 Å². The summed E-state index contributed by atoms with van der Waals surface area (Å²) in [5.41, 5.74) is 3.14. The average molecular weight is 383 g/mol. The van der Waals surface area contributed by atoms with E-state index in [4.69, 9.17) is 9.47 Å². The maximum Gasteiger partial charge on any atom is 0.338 e. The Morgan fingerprint density at radius 3 is 2.25 bits per heavy atom. The number of carbonyl (C=O) groups excluding carboxylic acids is 2. The first-order valence-electron chi connectivity index (χ1n) is 9.47. The van der Waals surface area contributed by atoms with Gasteiger partial charge < -0.3 is 14.8 Å². The van der Waals surface area contributed by atoms with E-state index in [1.54, 1.807) is 32.0 Å². The SMILES string of the molecule is CCOC(=O)c1ccc(NC(=O)[C@H](C)Oc2ccc(C(C)(C)C)cc2)c(C)c1. The number of rotatable bonds is 6. The lowest BCUT2D eigenvalue weighted by Crippen LogP contribution is -2.30. The number of benzene rings is 2. The van der Waals surface area contributed by atoms with Gasteiger partial charge in [0.25, 0.3) is 5.91 Å². The molecule has 0 spiro atoms. The summed E-state index contributed by atoms with van der Waals surface area (Å²) in [5.74, 6) is 0.01000. The molecule has 0 saturated carbocycles. The van der Waals surface area contributed by atoms with Gasteiger partial charge in [-0.1, -0.05) is 32.9 Å². The fourth-order valence-corrected chi connectivity index (χ4v) is 2.67. The number of ether oxygens (including phenoxy) is 2. The van der Waals surface area contributed by atoms with Crippen LogP contribution in [-0.2, 0) is 14.9 Å². The number of anilines is 1. The van der Waals surface area contributed by atoms with Gasteiger partial charge in [0.2, 0.25) is 0 Å². The van der Waals surface area contributed by atoms with Gasteiger partial charge in [0.05, 0.1) is 12.2 Å². The molecule has 28 heavy (non-hydrogen) atoms. The van der Waals surface area contributed by atoms with E-state index in [9.17, 15) is 9.59 Å². The van der Waals surface area contributed by atoms with E-state index in [0.29, 0.717) is 23.6 Å². The largest absolute Gasteiger partial charge is 0.481 e. The molecule has 5 heteroatoms. The Kier molecular flexibility index (Phi) is 6.84. The van der Waals surface area contributed by atoms with Gasteiger partial charge in [-0.25, -0.2) is 4.79 Å². The molecule has 2 aromatic carbocycles. The number of nitrogens with one attached hydrogen (secondary N) is 1. The maximum atomic E-state index is 12.5. The van der Waals surface area contributed by atoms with Gasteiger partial charge in [-0.3, -0.25) is 4.79 Å². The number of esters is 1. The predicted molar refractivity (Wildman–Crippen MR) is 111 cm³/mol. The molecule has 0 aliphatic carbocycles. The summed E-state index contributed by atoms with van der Waals surface area (Å²) in [6, 6.07) is 12.8. The molecule has 0 aromatic heterocycles. The highest BCUT2D eigenvalue weighted by Gasteiger charge is 2.18. The van der Waals surface area contributed by atoms with E-state index in [-0.39, 0.29) is 17.3 Å². The van der Waals surface area contributed by atoms with Gasteiger partial charge in [0.1, 0.15) is 5.75 Å². The van der Waals surface area contributed by atoms with Crippen molar-refractivity contribution in [1.82, 2.24) is 0 Å². The van der Waals surface area contributed by atoms with Crippen molar-refractivity contribution in [2.24, 2.45) is 0 Å². The summed E-state index contributed by atoms with van der Waals surface area (Å²) in [5, 5.41) is 2.85. The molecule has 1 N–H and O–H groups in total. The van der Waals surface area contributed by atoms with E-state index in [1.807, 2.05) is 31.2 Å². The number of hydrogen-bond donors (Lipinski definition) is 1. The van der Waals surface area contributed by atoms with Crippen LogP contribution in [0.1, 0.15) is 56.1 Å². The second kappa shape index (κ2) is 8.91. The Hall–Kier alpha value is -2.82. The zero-order chi connectivity index (χ0) is 20.9. The molecule has 150 valence electrons. The van der Waals surface area contributed by atoms with Crippen LogP contribution in [0.3, 0.4) is 0 Å². The van der Waals surface area contributed by atoms with E-state index in [2.05, 4.69) is 26.1 Å². The standard InChI is InChI=1S/C23H29NO4/c1-7-27-22(26)17-8-13-20(15(2)14-17)24-21(25)16(3)28-19-11-9-18(10-12-19)23(4,5)6/h8-14,16H,7H2,1-6H3,(H,24,25)/t16-/m0/s1. The van der Waals surface area contributed by atoms with E-state index >= 15 is 0 Å². The Morgan fingerprint density at radius 1 is 1.07 bits per heavy atom. The zero-order valence-electron chi connectivity index (χ0n) is 17.5. The van der Waals surface area contributed by atoms with Crippen molar-refractivity contribution in [1.29, 1.82) is 0 Å². The molecule has 1 atom stereocenters. The summed E-state index contributed by atoms with van der Waals surface area (Å²) in [7, 11) is 0. The van der Waals surface area contributed by atoms with Crippen LogP contribution in [0.4, 0.5) is 5.69 Å². The molecule has 0 saturated heterocycles. The highest BCUT2D eigenvalue weighted by molar-refractivity contribution is 5.96. The number of carbonyl (C=O) groups is 2. The van der Waals surface area contributed by atoms with Gasteiger partial charge in [-0.2, -0.15) is 0 Å². The van der Waals surface area contributed by atoms with Gasteiger partial charge in [-0.05, 0) is 67.6 Å². The van der Waals surface area contributed by atoms with Crippen molar-refractivity contribution < 1.29 is 19.1 Å². The fourth-order valence-electron chi connectivity index (χ4n) is 2.67. The van der Waals surface area contributed by atoms with Gasteiger partial charge in [-0.15, -0.1) is 0 Å². The van der Waals surface area contributed by atoms with Crippen LogP contribution in [0, 0.1) is 6.92 Å². The Balaban J connectivity index is 2.01. The molecule has 0 aliphatic heterocycles. The maximum absolute atomic E-state index is 12.5. The highest BCUT2D eigenvalue weighted by Crippen LogP contribution is 2.25. The third-order valence-electron chi connectivity index (χ3n) is 4.40. The van der Waals surface area contributed by atoms with Crippen LogP contribution in [-0.4, -0.2) is 24.6 Å². The first-order valence-corrected chi connectivity index (χ1v) is 9.47. The zero-order valence-corrected chi connectivity index (χ0v) is 17.5. The van der Waals surface area contributed by atoms with E-state index < -0.39 is 6.10 Å². The number of amides is 1. The molecule has 0 radical (unpaired) electrons. The molecule has 0 heterocycles. The van der Waals surface area contributed by atoms with Crippen molar-refractivity contribution >= 4 is 17.6 Å². The molecule has 2 aromatic rings. The normalized spacial score (nSPS) is 12.2. The second-order valence-electron chi connectivity index (χ2n) is 7.77. The van der Waals surface area contributed by atoms with Crippen molar-refractivity contribution in [2.75, 3.05) is 11.9 Å². The number of aryl methyl sites for hydroxylation is 1. The van der Waals surface area contributed by atoms with Crippen molar-refractivity contribution in [3.63, 3.8) is 0 Å². The second-order valence-corrected chi connectivity index (χ2v) is 7.77. The van der Waals surface area contributed by atoms with Gasteiger partial charge >= 0.3 is 5.97 Å².